The number of ether oxygens (including phenoxy) is 1. The van der Waals surface area contributed by atoms with E-state index in [0.29, 0.717) is 5.56 Å². The van der Waals surface area contributed by atoms with Gasteiger partial charge in [0, 0.05) is 12.6 Å². The molecule has 20 heavy (non-hydrogen) atoms. The first-order chi connectivity index (χ1) is 9.49. The zero-order chi connectivity index (χ0) is 15.1. The number of esters is 1. The van der Waals surface area contributed by atoms with Gasteiger partial charge in [0.25, 0.3) is 5.91 Å². The van der Waals surface area contributed by atoms with Crippen LogP contribution in [0.15, 0.2) is 18.2 Å². The molecular formula is C14H14FNO4. The van der Waals surface area contributed by atoms with Crippen LogP contribution in [0.25, 0.3) is 0 Å². The van der Waals surface area contributed by atoms with Gasteiger partial charge in [-0.05, 0) is 18.2 Å². The van der Waals surface area contributed by atoms with E-state index < -0.39 is 17.7 Å². The fraction of sp³-hybridized carbons (Fsp3) is 0.286. The molecule has 6 heteroatoms. The van der Waals surface area contributed by atoms with Gasteiger partial charge in [0.15, 0.2) is 0 Å². The predicted octanol–water partition coefficient (Wildman–Crippen LogP) is 0.414. The van der Waals surface area contributed by atoms with Gasteiger partial charge in [0.2, 0.25) is 0 Å². The number of halogens is 1. The number of hydrogen-bond donors (Lipinski definition) is 1. The van der Waals surface area contributed by atoms with Crippen molar-refractivity contribution in [1.29, 1.82) is 0 Å². The van der Waals surface area contributed by atoms with Crippen LogP contribution in [0.3, 0.4) is 0 Å². The van der Waals surface area contributed by atoms with Crippen molar-refractivity contribution in [3.8, 4) is 11.8 Å². The van der Waals surface area contributed by atoms with Crippen molar-refractivity contribution in [2.45, 2.75) is 0 Å². The van der Waals surface area contributed by atoms with Gasteiger partial charge in [0.1, 0.15) is 19.0 Å². The monoisotopic (exact) mass is 279 g/mol. The van der Waals surface area contributed by atoms with Gasteiger partial charge in [-0.2, -0.15) is 0 Å². The number of aliphatic hydroxyl groups is 1. The maximum atomic E-state index is 13.7. The molecule has 0 unspecified atom stereocenters. The molecule has 0 aliphatic carbocycles. The van der Waals surface area contributed by atoms with E-state index in [1.165, 1.54) is 26.3 Å². The fourth-order valence-electron chi connectivity index (χ4n) is 1.44. The van der Waals surface area contributed by atoms with Crippen molar-refractivity contribution in [1.82, 2.24) is 4.90 Å². The van der Waals surface area contributed by atoms with E-state index in [2.05, 4.69) is 16.6 Å². The smallest absolute Gasteiger partial charge is 0.325 e. The lowest BCUT2D eigenvalue weighted by Crippen LogP contribution is -2.33. The predicted molar refractivity (Wildman–Crippen MR) is 69.3 cm³/mol. The Bertz CT molecular complexity index is 574. The summed E-state index contributed by atoms with van der Waals surface area (Å²) in [5.41, 5.74) is 0.205. The van der Waals surface area contributed by atoms with E-state index >= 15 is 0 Å². The standard InChI is InChI=1S/C14H14FNO4/c1-16(9-13(18)20-2)14(19)11-8-10(4-3-7-17)5-6-12(11)15/h5-6,8,17H,7,9H2,1-2H3. The highest BCUT2D eigenvalue weighted by Gasteiger charge is 2.18. The van der Waals surface area contributed by atoms with Crippen LogP contribution in [-0.4, -0.2) is 49.2 Å². The van der Waals surface area contributed by atoms with Gasteiger partial charge in [0.05, 0.1) is 12.7 Å². The molecule has 0 saturated heterocycles. The fourth-order valence-corrected chi connectivity index (χ4v) is 1.44. The number of methoxy groups -OCH3 is 1. The normalized spacial score (nSPS) is 9.40. The number of benzene rings is 1. The Morgan fingerprint density at radius 2 is 2.15 bits per heavy atom. The van der Waals surface area contributed by atoms with E-state index in [4.69, 9.17) is 5.11 Å². The molecular weight excluding hydrogens is 265 g/mol. The van der Waals surface area contributed by atoms with E-state index in [1.807, 2.05) is 0 Å². The molecule has 106 valence electrons. The Morgan fingerprint density at radius 3 is 2.75 bits per heavy atom. The molecule has 0 atom stereocenters. The molecule has 0 aromatic heterocycles. The van der Waals surface area contributed by atoms with Crippen LogP contribution in [0.4, 0.5) is 4.39 Å². The Morgan fingerprint density at radius 1 is 1.45 bits per heavy atom. The second kappa shape index (κ2) is 7.26. The van der Waals surface area contributed by atoms with Crippen molar-refractivity contribution >= 4 is 11.9 Å². The van der Waals surface area contributed by atoms with Gasteiger partial charge < -0.3 is 14.7 Å². The molecule has 1 amide bonds. The van der Waals surface area contributed by atoms with Crippen LogP contribution in [0, 0.1) is 17.7 Å². The topological polar surface area (TPSA) is 66.8 Å². The first kappa shape index (κ1) is 15.7. The maximum Gasteiger partial charge on any atom is 0.325 e. The number of nitrogens with zero attached hydrogens (tertiary/aromatic N) is 1. The molecule has 0 bridgehead atoms. The lowest BCUT2D eigenvalue weighted by molar-refractivity contribution is -0.141. The second-order valence-corrected chi connectivity index (χ2v) is 3.89. The van der Waals surface area contributed by atoms with Crippen LogP contribution < -0.4 is 0 Å². The molecule has 0 heterocycles. The number of rotatable bonds is 3. The van der Waals surface area contributed by atoms with Crippen LogP contribution in [0.1, 0.15) is 15.9 Å². The second-order valence-electron chi connectivity index (χ2n) is 3.89. The molecule has 0 fully saturated rings. The van der Waals surface area contributed by atoms with Crippen molar-refractivity contribution in [3.05, 3.63) is 35.1 Å². The van der Waals surface area contributed by atoms with Crippen LogP contribution in [0.2, 0.25) is 0 Å². The van der Waals surface area contributed by atoms with Crippen LogP contribution >= 0.6 is 0 Å². The minimum absolute atomic E-state index is 0.193. The van der Waals surface area contributed by atoms with E-state index in [-0.39, 0.29) is 18.7 Å². The maximum absolute atomic E-state index is 13.7. The highest BCUT2D eigenvalue weighted by Crippen LogP contribution is 2.12. The Balaban J connectivity index is 2.99. The Hall–Kier alpha value is -2.39. The molecule has 0 aliphatic heterocycles. The largest absolute Gasteiger partial charge is 0.468 e. The molecule has 0 saturated carbocycles. The van der Waals surface area contributed by atoms with Gasteiger partial charge in [-0.3, -0.25) is 9.59 Å². The first-order valence-corrected chi connectivity index (χ1v) is 5.71. The van der Waals surface area contributed by atoms with E-state index in [0.717, 1.165) is 11.0 Å². The van der Waals surface area contributed by atoms with Crippen molar-refractivity contribution in [3.63, 3.8) is 0 Å². The highest BCUT2D eigenvalue weighted by molar-refractivity contribution is 5.96. The summed E-state index contributed by atoms with van der Waals surface area (Å²) >= 11 is 0. The number of amides is 1. The van der Waals surface area contributed by atoms with Gasteiger partial charge >= 0.3 is 5.97 Å². The van der Waals surface area contributed by atoms with Gasteiger partial charge in [-0.15, -0.1) is 0 Å². The number of carbonyl (C=O) groups is 2. The summed E-state index contributed by atoms with van der Waals surface area (Å²) in [6.07, 6.45) is 0. The molecule has 1 aromatic carbocycles. The first-order valence-electron chi connectivity index (χ1n) is 5.71. The molecule has 1 aromatic rings. The summed E-state index contributed by atoms with van der Waals surface area (Å²) in [4.78, 5) is 24.2. The van der Waals surface area contributed by atoms with Gasteiger partial charge in [-0.1, -0.05) is 11.8 Å². The summed E-state index contributed by atoms with van der Waals surface area (Å²) in [5, 5.41) is 8.60. The number of hydrogen-bond acceptors (Lipinski definition) is 4. The quantitative estimate of drug-likeness (QED) is 0.643. The summed E-state index contributed by atoms with van der Waals surface area (Å²) < 4.78 is 18.1. The molecule has 1 N–H and O–H groups in total. The lowest BCUT2D eigenvalue weighted by Gasteiger charge is -2.16. The SMILES string of the molecule is COC(=O)CN(C)C(=O)c1cc(C#CCO)ccc1F. The van der Waals surface area contributed by atoms with Crippen molar-refractivity contribution in [2.24, 2.45) is 0 Å². The Kier molecular flexibility index (Phi) is 5.69. The van der Waals surface area contributed by atoms with Crippen LogP contribution in [0.5, 0.6) is 0 Å². The summed E-state index contributed by atoms with van der Waals surface area (Å²) in [7, 11) is 2.57. The van der Waals surface area contributed by atoms with E-state index in [1.54, 1.807) is 0 Å². The van der Waals surface area contributed by atoms with Crippen molar-refractivity contribution in [2.75, 3.05) is 27.3 Å². The summed E-state index contributed by atoms with van der Waals surface area (Å²) in [6.45, 7) is -0.607. The molecule has 0 aliphatic rings. The Labute approximate surface area is 116 Å². The molecule has 0 spiro atoms. The number of likely N-dealkylation sites (N-methyl/N-ethyl adjacent to an activating group) is 1. The average molecular weight is 279 g/mol. The highest BCUT2D eigenvalue weighted by atomic mass is 19.1. The third-order valence-electron chi connectivity index (χ3n) is 2.45. The zero-order valence-corrected chi connectivity index (χ0v) is 11.1. The minimum atomic E-state index is -0.707. The molecule has 5 nitrogen and oxygen atoms in total. The lowest BCUT2D eigenvalue weighted by atomic mass is 10.1. The van der Waals surface area contributed by atoms with E-state index in [9.17, 15) is 14.0 Å². The summed E-state index contributed by atoms with van der Waals surface area (Å²) in [6, 6.07) is 3.78. The molecule has 0 radical (unpaired) electrons. The third-order valence-corrected chi connectivity index (χ3v) is 2.45. The number of carbonyl (C=O) groups excluding carboxylic acids is 2. The average Bonchev–Trinajstić information content (AvgIpc) is 2.45. The summed E-state index contributed by atoms with van der Waals surface area (Å²) in [5.74, 6) is 3.02. The number of aliphatic hydroxyl groups excluding tert-OH is 1. The minimum Gasteiger partial charge on any atom is -0.468 e. The van der Waals surface area contributed by atoms with Crippen LogP contribution in [-0.2, 0) is 9.53 Å². The molecule has 1 rings (SSSR count). The zero-order valence-electron chi connectivity index (χ0n) is 11.1. The third kappa shape index (κ3) is 4.07. The van der Waals surface area contributed by atoms with Gasteiger partial charge in [-0.25, -0.2) is 4.39 Å². The van der Waals surface area contributed by atoms with Crippen molar-refractivity contribution < 1.29 is 23.8 Å².